The molecule has 2 atom stereocenters. The summed E-state index contributed by atoms with van der Waals surface area (Å²) in [5, 5.41) is 13.2. The largest absolute Gasteiger partial charge is 0.383 e. The van der Waals surface area contributed by atoms with E-state index in [9.17, 15) is 4.79 Å². The number of aromatic nitrogens is 5. The lowest BCUT2D eigenvalue weighted by Gasteiger charge is -2.22. The molecule has 0 aliphatic carbocycles. The fraction of sp³-hybridized carbons (Fsp3) is 0.545. The van der Waals surface area contributed by atoms with Crippen molar-refractivity contribution in [3.05, 3.63) is 51.6 Å². The predicted octanol–water partition coefficient (Wildman–Crippen LogP) is 0.488. The van der Waals surface area contributed by atoms with Gasteiger partial charge in [0.1, 0.15) is 25.7 Å². The lowest BCUT2D eigenvalue weighted by Crippen LogP contribution is -3.10. The number of nitrogens with one attached hydrogen (secondary N) is 2. The number of H-pyrrole nitrogens is 1. The Hall–Kier alpha value is -2.62. The molecule has 2 N–H and O–H groups in total. The fourth-order valence-electron chi connectivity index (χ4n) is 4.18. The minimum atomic E-state index is -0.0411. The number of hydrogen-bond donors (Lipinski definition) is 2. The molecule has 0 bridgehead atoms. The van der Waals surface area contributed by atoms with Crippen LogP contribution in [0.25, 0.3) is 10.9 Å². The SMILES string of the molecule is CCc1ccc2[nH]c(=O)c(C[NH+](Cc3nnnn3CCOC)C[C@H]3CCCO3)cc2c1. The Labute approximate surface area is 181 Å². The molecule has 2 aromatic heterocycles. The number of hydrogen-bond acceptors (Lipinski definition) is 6. The van der Waals surface area contributed by atoms with E-state index in [1.54, 1.807) is 11.8 Å². The van der Waals surface area contributed by atoms with E-state index < -0.39 is 0 Å². The molecule has 1 unspecified atom stereocenters. The average molecular weight is 428 g/mol. The third-order valence-corrected chi connectivity index (χ3v) is 5.90. The van der Waals surface area contributed by atoms with Gasteiger partial charge in [0.15, 0.2) is 0 Å². The molecule has 31 heavy (non-hydrogen) atoms. The normalized spacial score (nSPS) is 17.4. The Morgan fingerprint density at radius 2 is 2.23 bits per heavy atom. The van der Waals surface area contributed by atoms with Gasteiger partial charge in [-0.1, -0.05) is 13.0 Å². The molecule has 1 fully saturated rings. The predicted molar refractivity (Wildman–Crippen MR) is 116 cm³/mol. The molecule has 0 spiro atoms. The molecule has 9 heteroatoms. The first-order chi connectivity index (χ1) is 15.2. The van der Waals surface area contributed by atoms with Crippen molar-refractivity contribution in [1.29, 1.82) is 0 Å². The number of aromatic amines is 1. The molecule has 0 saturated carbocycles. The molecule has 3 aromatic rings. The van der Waals surface area contributed by atoms with Crippen LogP contribution in [0.3, 0.4) is 0 Å². The second kappa shape index (κ2) is 10.1. The van der Waals surface area contributed by atoms with Crippen LogP contribution in [0.15, 0.2) is 29.1 Å². The quantitative estimate of drug-likeness (QED) is 0.489. The Morgan fingerprint density at radius 3 is 3.00 bits per heavy atom. The number of aryl methyl sites for hydroxylation is 1. The first kappa shape index (κ1) is 21.6. The van der Waals surface area contributed by atoms with Crippen molar-refractivity contribution in [1.82, 2.24) is 25.2 Å². The fourth-order valence-corrected chi connectivity index (χ4v) is 4.18. The first-order valence-electron chi connectivity index (χ1n) is 11.0. The van der Waals surface area contributed by atoms with Crippen molar-refractivity contribution in [3.8, 4) is 0 Å². The van der Waals surface area contributed by atoms with Crippen LogP contribution in [0.1, 0.15) is 36.7 Å². The summed E-state index contributed by atoms with van der Waals surface area (Å²) in [5.41, 5.74) is 2.85. The minimum absolute atomic E-state index is 0.0411. The molecule has 1 saturated heterocycles. The van der Waals surface area contributed by atoms with Crippen molar-refractivity contribution in [2.24, 2.45) is 0 Å². The van der Waals surface area contributed by atoms with Gasteiger partial charge in [0.05, 0.1) is 18.7 Å². The van der Waals surface area contributed by atoms with Gasteiger partial charge in [-0.15, -0.1) is 5.10 Å². The van der Waals surface area contributed by atoms with Gasteiger partial charge in [-0.25, -0.2) is 4.68 Å². The number of methoxy groups -OCH3 is 1. The van der Waals surface area contributed by atoms with Crippen LogP contribution >= 0.6 is 0 Å². The molecule has 0 radical (unpaired) electrons. The average Bonchev–Trinajstić information content (AvgIpc) is 3.44. The van der Waals surface area contributed by atoms with Crippen molar-refractivity contribution < 1.29 is 14.4 Å². The summed E-state index contributed by atoms with van der Waals surface area (Å²) < 4.78 is 12.8. The molecular weight excluding hydrogens is 396 g/mol. The van der Waals surface area contributed by atoms with Crippen molar-refractivity contribution in [2.45, 2.75) is 51.9 Å². The van der Waals surface area contributed by atoms with Gasteiger partial charge >= 0.3 is 0 Å². The minimum Gasteiger partial charge on any atom is -0.383 e. The van der Waals surface area contributed by atoms with Crippen molar-refractivity contribution >= 4 is 10.9 Å². The monoisotopic (exact) mass is 427 g/mol. The smallest absolute Gasteiger partial charge is 0.257 e. The van der Waals surface area contributed by atoms with Crippen LogP contribution in [0, 0.1) is 0 Å². The van der Waals surface area contributed by atoms with E-state index in [-0.39, 0.29) is 11.7 Å². The van der Waals surface area contributed by atoms with Crippen molar-refractivity contribution in [3.63, 3.8) is 0 Å². The highest BCUT2D eigenvalue weighted by Crippen LogP contribution is 2.14. The van der Waals surface area contributed by atoms with Crippen LogP contribution in [0.4, 0.5) is 0 Å². The zero-order chi connectivity index (χ0) is 21.6. The second-order valence-corrected chi connectivity index (χ2v) is 8.15. The Balaban J connectivity index is 1.59. The topological polar surface area (TPSA) is 99.4 Å². The number of pyridine rings is 1. The number of tetrazole rings is 1. The molecule has 1 aromatic carbocycles. The second-order valence-electron chi connectivity index (χ2n) is 8.15. The molecule has 9 nitrogen and oxygen atoms in total. The maximum atomic E-state index is 12.8. The van der Waals surface area contributed by atoms with E-state index in [1.165, 1.54) is 10.5 Å². The van der Waals surface area contributed by atoms with Crippen LogP contribution in [0.5, 0.6) is 0 Å². The standard InChI is InChI=1S/C22H30N6O3/c1-3-16-6-7-20-17(11-16)12-18(22(29)23-20)13-27(14-19-5-4-9-31-19)15-21-24-25-26-28(21)8-10-30-2/h6-7,11-12,19H,3-5,8-10,13-15H2,1-2H3,(H,23,29)/p+1/t19-/m1/s1. The Bertz CT molecular complexity index is 1060. The molecule has 1 aliphatic rings. The van der Waals surface area contributed by atoms with Crippen LogP contribution in [-0.4, -0.2) is 58.2 Å². The molecule has 0 amide bonds. The highest BCUT2D eigenvalue weighted by molar-refractivity contribution is 5.79. The molecule has 1 aliphatic heterocycles. The number of benzene rings is 1. The van der Waals surface area contributed by atoms with Gasteiger partial charge < -0.3 is 19.4 Å². The molecule has 166 valence electrons. The summed E-state index contributed by atoms with van der Waals surface area (Å²) in [5.74, 6) is 0.788. The van der Waals surface area contributed by atoms with Gasteiger partial charge in [0.25, 0.3) is 5.56 Å². The first-order valence-corrected chi connectivity index (χ1v) is 11.0. The van der Waals surface area contributed by atoms with Gasteiger partial charge in [0, 0.05) is 19.2 Å². The summed E-state index contributed by atoms with van der Waals surface area (Å²) in [6.07, 6.45) is 3.29. The van der Waals surface area contributed by atoms with Gasteiger partial charge in [-0.3, -0.25) is 4.79 Å². The van der Waals surface area contributed by atoms with Crippen LogP contribution in [0.2, 0.25) is 0 Å². The Kier molecular flexibility index (Phi) is 7.06. The maximum absolute atomic E-state index is 12.8. The number of nitrogens with zero attached hydrogens (tertiary/aromatic N) is 4. The number of ether oxygens (including phenoxy) is 2. The van der Waals surface area contributed by atoms with E-state index in [4.69, 9.17) is 9.47 Å². The lowest BCUT2D eigenvalue weighted by atomic mass is 10.1. The van der Waals surface area contributed by atoms with E-state index in [0.29, 0.717) is 26.2 Å². The van der Waals surface area contributed by atoms with E-state index in [0.717, 1.165) is 54.7 Å². The van der Waals surface area contributed by atoms with Crippen LogP contribution in [-0.2, 0) is 35.5 Å². The van der Waals surface area contributed by atoms with E-state index >= 15 is 0 Å². The number of rotatable bonds is 10. The summed E-state index contributed by atoms with van der Waals surface area (Å²) >= 11 is 0. The summed E-state index contributed by atoms with van der Waals surface area (Å²) in [7, 11) is 1.66. The van der Waals surface area contributed by atoms with E-state index in [1.807, 2.05) is 12.1 Å². The van der Waals surface area contributed by atoms with E-state index in [2.05, 4.69) is 39.6 Å². The Morgan fingerprint density at radius 1 is 1.32 bits per heavy atom. The number of fused-ring (bicyclic) bond motifs is 1. The van der Waals surface area contributed by atoms with Gasteiger partial charge in [-0.05, 0) is 58.8 Å². The zero-order valence-electron chi connectivity index (χ0n) is 18.3. The third-order valence-electron chi connectivity index (χ3n) is 5.90. The van der Waals surface area contributed by atoms with Gasteiger partial charge in [0.2, 0.25) is 5.82 Å². The molecule has 4 rings (SSSR count). The van der Waals surface area contributed by atoms with Crippen molar-refractivity contribution in [2.75, 3.05) is 26.9 Å². The lowest BCUT2D eigenvalue weighted by molar-refractivity contribution is -0.931. The van der Waals surface area contributed by atoms with Crippen LogP contribution < -0.4 is 10.5 Å². The molecule has 3 heterocycles. The summed E-state index contributed by atoms with van der Waals surface area (Å²) in [6, 6.07) is 8.23. The maximum Gasteiger partial charge on any atom is 0.257 e. The summed E-state index contributed by atoms with van der Waals surface area (Å²) in [6.45, 7) is 6.09. The molecular formula is C22H31N6O3+. The highest BCUT2D eigenvalue weighted by Gasteiger charge is 2.25. The number of quaternary nitrogens is 1. The zero-order valence-corrected chi connectivity index (χ0v) is 18.3. The summed E-state index contributed by atoms with van der Waals surface area (Å²) in [4.78, 5) is 17.1. The third kappa shape index (κ3) is 5.36. The van der Waals surface area contributed by atoms with Gasteiger partial charge in [-0.2, -0.15) is 0 Å². The highest BCUT2D eigenvalue weighted by atomic mass is 16.5.